The summed E-state index contributed by atoms with van der Waals surface area (Å²) in [5.41, 5.74) is 3.14. The van der Waals surface area contributed by atoms with E-state index in [2.05, 4.69) is 20.3 Å². The zero-order chi connectivity index (χ0) is 19.7. The molecule has 1 atom stereocenters. The van der Waals surface area contributed by atoms with Gasteiger partial charge in [0.2, 0.25) is 5.91 Å². The van der Waals surface area contributed by atoms with Crippen LogP contribution in [0.2, 0.25) is 0 Å². The largest absolute Gasteiger partial charge is 0.302 e. The van der Waals surface area contributed by atoms with Crippen LogP contribution in [0.25, 0.3) is 11.3 Å². The number of thiazole rings is 1. The zero-order valence-electron chi connectivity index (χ0n) is 15.5. The van der Waals surface area contributed by atoms with Crippen molar-refractivity contribution in [2.45, 2.75) is 32.0 Å². The van der Waals surface area contributed by atoms with Crippen molar-refractivity contribution in [2.75, 3.05) is 11.1 Å². The van der Waals surface area contributed by atoms with Gasteiger partial charge in [0.05, 0.1) is 11.6 Å². The SMILES string of the molecule is CCc1c(C)nc2n(c1=O)C[C@@H](C(=O)Nc1nc(-c3cccnc3)cs1)CS2. The fourth-order valence-corrected chi connectivity index (χ4v) is 4.99. The minimum Gasteiger partial charge on any atom is -0.302 e. The summed E-state index contributed by atoms with van der Waals surface area (Å²) in [6.07, 6.45) is 4.08. The molecule has 1 aliphatic heterocycles. The first kappa shape index (κ1) is 18.8. The number of nitrogens with zero attached hydrogens (tertiary/aromatic N) is 4. The van der Waals surface area contributed by atoms with Gasteiger partial charge in [-0.3, -0.25) is 19.1 Å². The quantitative estimate of drug-likeness (QED) is 0.662. The summed E-state index contributed by atoms with van der Waals surface area (Å²) in [7, 11) is 0. The normalized spacial score (nSPS) is 15.9. The van der Waals surface area contributed by atoms with Gasteiger partial charge in [-0.2, -0.15) is 0 Å². The summed E-state index contributed by atoms with van der Waals surface area (Å²) in [6.45, 7) is 4.15. The van der Waals surface area contributed by atoms with Gasteiger partial charge in [-0.15, -0.1) is 11.3 Å². The van der Waals surface area contributed by atoms with Crippen molar-refractivity contribution < 1.29 is 4.79 Å². The lowest BCUT2D eigenvalue weighted by molar-refractivity contribution is -0.119. The Morgan fingerprint density at radius 3 is 3.00 bits per heavy atom. The van der Waals surface area contributed by atoms with Gasteiger partial charge in [-0.1, -0.05) is 18.7 Å². The Balaban J connectivity index is 1.50. The molecule has 9 heteroatoms. The van der Waals surface area contributed by atoms with E-state index in [1.165, 1.54) is 23.1 Å². The van der Waals surface area contributed by atoms with Gasteiger partial charge in [0.1, 0.15) is 0 Å². The van der Waals surface area contributed by atoms with Crippen molar-refractivity contribution in [2.24, 2.45) is 5.92 Å². The molecule has 0 aliphatic carbocycles. The molecule has 7 nitrogen and oxygen atoms in total. The predicted octanol–water partition coefficient (Wildman–Crippen LogP) is 2.99. The van der Waals surface area contributed by atoms with Crippen LogP contribution < -0.4 is 10.9 Å². The number of carbonyl (C=O) groups excluding carboxylic acids is 1. The number of thioether (sulfide) groups is 1. The molecule has 3 aromatic heterocycles. The van der Waals surface area contributed by atoms with Gasteiger partial charge in [-0.05, 0) is 25.5 Å². The van der Waals surface area contributed by atoms with Crippen molar-refractivity contribution >= 4 is 34.1 Å². The number of hydrogen-bond donors (Lipinski definition) is 1. The minimum absolute atomic E-state index is 0.0388. The van der Waals surface area contributed by atoms with Crippen LogP contribution in [0, 0.1) is 12.8 Å². The molecule has 144 valence electrons. The van der Waals surface area contributed by atoms with E-state index in [1.807, 2.05) is 31.4 Å². The number of anilines is 1. The standard InChI is InChI=1S/C19H19N5O2S2/c1-3-14-11(2)21-19-24(17(14)26)8-13(9-28-19)16(25)23-18-22-15(10-27-18)12-5-4-6-20-7-12/h4-7,10,13H,3,8-9H2,1-2H3,(H,22,23,25)/t13-/m1/s1. The Hall–Kier alpha value is -2.52. The topological polar surface area (TPSA) is 89.8 Å². The number of carbonyl (C=O) groups is 1. The average Bonchev–Trinajstić information content (AvgIpc) is 3.17. The Labute approximate surface area is 170 Å². The molecule has 0 radical (unpaired) electrons. The number of aryl methyl sites for hydroxylation is 1. The van der Waals surface area contributed by atoms with Gasteiger partial charge in [0, 0.05) is 46.9 Å². The Kier molecular flexibility index (Phi) is 5.27. The van der Waals surface area contributed by atoms with Gasteiger partial charge in [-0.25, -0.2) is 9.97 Å². The van der Waals surface area contributed by atoms with Crippen molar-refractivity contribution in [3.05, 3.63) is 51.5 Å². The van der Waals surface area contributed by atoms with Gasteiger partial charge in [0.15, 0.2) is 10.3 Å². The van der Waals surface area contributed by atoms with Crippen molar-refractivity contribution in [1.82, 2.24) is 19.5 Å². The summed E-state index contributed by atoms with van der Waals surface area (Å²) in [5.74, 6) is 0.148. The number of amides is 1. The molecule has 4 heterocycles. The fourth-order valence-electron chi connectivity index (χ4n) is 3.15. The molecule has 1 amide bonds. The third-order valence-electron chi connectivity index (χ3n) is 4.67. The van der Waals surface area contributed by atoms with Crippen LogP contribution in [0.1, 0.15) is 18.2 Å². The number of fused-ring (bicyclic) bond motifs is 1. The molecule has 4 rings (SSSR count). The first-order chi connectivity index (χ1) is 13.6. The number of hydrogen-bond acceptors (Lipinski definition) is 7. The van der Waals surface area contributed by atoms with Crippen molar-refractivity contribution in [1.29, 1.82) is 0 Å². The Morgan fingerprint density at radius 2 is 2.25 bits per heavy atom. The second-order valence-electron chi connectivity index (χ2n) is 6.50. The lowest BCUT2D eigenvalue weighted by Gasteiger charge is -2.24. The maximum absolute atomic E-state index is 12.7. The number of pyridine rings is 1. The molecule has 1 aliphatic rings. The number of rotatable bonds is 4. The van der Waals surface area contributed by atoms with Crippen molar-refractivity contribution in [3.63, 3.8) is 0 Å². The molecule has 0 unspecified atom stereocenters. The van der Waals surface area contributed by atoms with Crippen LogP contribution >= 0.6 is 23.1 Å². The first-order valence-electron chi connectivity index (χ1n) is 8.96. The molecule has 0 bridgehead atoms. The highest BCUT2D eigenvalue weighted by Gasteiger charge is 2.28. The van der Waals surface area contributed by atoms with E-state index in [0.29, 0.717) is 34.6 Å². The third kappa shape index (κ3) is 3.59. The van der Waals surface area contributed by atoms with Crippen molar-refractivity contribution in [3.8, 4) is 11.3 Å². The van der Waals surface area contributed by atoms with Gasteiger partial charge in [0.25, 0.3) is 5.56 Å². The monoisotopic (exact) mass is 413 g/mol. The maximum atomic E-state index is 12.7. The summed E-state index contributed by atoms with van der Waals surface area (Å²) in [6, 6.07) is 3.77. The Bertz CT molecular complexity index is 1080. The van der Waals surface area contributed by atoms with E-state index in [-0.39, 0.29) is 17.4 Å². The van der Waals surface area contributed by atoms with E-state index in [0.717, 1.165) is 17.0 Å². The van der Waals surface area contributed by atoms with Gasteiger partial charge < -0.3 is 5.32 Å². The molecule has 28 heavy (non-hydrogen) atoms. The second-order valence-corrected chi connectivity index (χ2v) is 8.35. The minimum atomic E-state index is -0.310. The molecule has 3 aromatic rings. The van der Waals surface area contributed by atoms with E-state index >= 15 is 0 Å². The molecular formula is C19H19N5O2S2. The maximum Gasteiger partial charge on any atom is 0.257 e. The number of aromatic nitrogens is 4. The number of nitrogens with one attached hydrogen (secondary N) is 1. The lowest BCUT2D eigenvalue weighted by Crippen LogP contribution is -2.38. The van der Waals surface area contributed by atoms with Crippen LogP contribution in [0.4, 0.5) is 5.13 Å². The highest BCUT2D eigenvalue weighted by Crippen LogP contribution is 2.28. The molecule has 0 spiro atoms. The average molecular weight is 414 g/mol. The predicted molar refractivity (Wildman–Crippen MR) is 111 cm³/mol. The van der Waals surface area contributed by atoms with Crippen LogP contribution in [0.15, 0.2) is 39.9 Å². The molecule has 0 saturated carbocycles. The van der Waals surface area contributed by atoms with Crippen LogP contribution in [-0.4, -0.2) is 31.2 Å². The summed E-state index contributed by atoms with van der Waals surface area (Å²) in [4.78, 5) is 38.6. The molecule has 0 saturated heterocycles. The summed E-state index contributed by atoms with van der Waals surface area (Å²) < 4.78 is 1.63. The van der Waals surface area contributed by atoms with Gasteiger partial charge >= 0.3 is 0 Å². The highest BCUT2D eigenvalue weighted by atomic mass is 32.2. The zero-order valence-corrected chi connectivity index (χ0v) is 17.1. The van der Waals surface area contributed by atoms with E-state index in [1.54, 1.807) is 17.0 Å². The van der Waals surface area contributed by atoms with E-state index in [9.17, 15) is 9.59 Å². The summed E-state index contributed by atoms with van der Waals surface area (Å²) >= 11 is 2.83. The smallest absolute Gasteiger partial charge is 0.257 e. The summed E-state index contributed by atoms with van der Waals surface area (Å²) in [5, 5.41) is 6.02. The van der Waals surface area contributed by atoms with Crippen LogP contribution in [-0.2, 0) is 17.8 Å². The molecule has 0 fully saturated rings. The first-order valence-corrected chi connectivity index (χ1v) is 10.8. The molecule has 0 aromatic carbocycles. The van der Waals surface area contributed by atoms with Crippen LogP contribution in [0.5, 0.6) is 0 Å². The fraction of sp³-hybridized carbons (Fsp3) is 0.316. The lowest BCUT2D eigenvalue weighted by atomic mass is 10.1. The molecular weight excluding hydrogens is 394 g/mol. The van der Waals surface area contributed by atoms with E-state index in [4.69, 9.17) is 0 Å². The highest BCUT2D eigenvalue weighted by molar-refractivity contribution is 7.99. The third-order valence-corrected chi connectivity index (χ3v) is 6.56. The second kappa shape index (κ2) is 7.84. The van der Waals surface area contributed by atoms with E-state index < -0.39 is 0 Å². The molecule has 1 N–H and O–H groups in total. The van der Waals surface area contributed by atoms with Crippen LogP contribution in [0.3, 0.4) is 0 Å². The Morgan fingerprint density at radius 1 is 1.39 bits per heavy atom.